The highest BCUT2D eigenvalue weighted by Crippen LogP contribution is 2.28. The van der Waals surface area contributed by atoms with Crippen LogP contribution in [-0.2, 0) is 4.74 Å². The summed E-state index contributed by atoms with van der Waals surface area (Å²) in [5.74, 6) is 0.808. The molecule has 0 spiro atoms. The molecule has 0 radical (unpaired) electrons. The number of nitrogens with zero attached hydrogens (tertiary/aromatic N) is 2. The molecule has 0 atom stereocenters. The summed E-state index contributed by atoms with van der Waals surface area (Å²) in [6.07, 6.45) is 2.02. The highest BCUT2D eigenvalue weighted by atomic mass is 16.5. The second-order valence-electron chi connectivity index (χ2n) is 7.04. The number of piperidine rings is 1. The lowest BCUT2D eigenvalue weighted by atomic mass is 10.0. The van der Waals surface area contributed by atoms with Gasteiger partial charge in [-0.25, -0.2) is 4.98 Å². The summed E-state index contributed by atoms with van der Waals surface area (Å²) in [7, 11) is 3.38. The van der Waals surface area contributed by atoms with Crippen molar-refractivity contribution < 1.29 is 14.3 Å². The Kier molecular flexibility index (Phi) is 5.26. The normalized spacial score (nSPS) is 15.0. The lowest BCUT2D eigenvalue weighted by Crippen LogP contribution is -2.40. The van der Waals surface area contributed by atoms with E-state index < -0.39 is 0 Å². The van der Waals surface area contributed by atoms with Crippen LogP contribution >= 0.6 is 0 Å². The maximum atomic E-state index is 12.9. The molecule has 0 unspecified atom stereocenters. The Hall–Kier alpha value is -2.92. The zero-order valence-electron chi connectivity index (χ0n) is 16.2. The molecule has 0 N–H and O–H groups in total. The number of benzene rings is 2. The van der Waals surface area contributed by atoms with Gasteiger partial charge in [-0.1, -0.05) is 30.3 Å². The number of hydrogen-bond donors (Lipinski definition) is 0. The van der Waals surface area contributed by atoms with Gasteiger partial charge in [0, 0.05) is 36.7 Å². The van der Waals surface area contributed by atoms with Crippen molar-refractivity contribution in [2.24, 2.45) is 0 Å². The SMILES string of the molecule is COc1cccc2ccc(-c3cccc(C(=O)N4CCC(OC)CC4)c3)nc12. The minimum Gasteiger partial charge on any atom is -0.494 e. The maximum Gasteiger partial charge on any atom is 0.253 e. The number of pyridine rings is 1. The van der Waals surface area contributed by atoms with Gasteiger partial charge in [0.15, 0.2) is 0 Å². The summed E-state index contributed by atoms with van der Waals surface area (Å²) in [6, 6.07) is 17.6. The Bertz CT molecular complexity index is 994. The van der Waals surface area contributed by atoms with Crippen molar-refractivity contribution in [3.05, 3.63) is 60.2 Å². The topological polar surface area (TPSA) is 51.7 Å². The number of ether oxygens (including phenoxy) is 2. The molecule has 144 valence electrons. The van der Waals surface area contributed by atoms with Crippen LogP contribution in [-0.4, -0.2) is 49.2 Å². The molecule has 1 aliphatic heterocycles. The summed E-state index contributed by atoms with van der Waals surface area (Å²) in [5, 5.41) is 1.02. The molecular formula is C23H24N2O3. The third-order valence-electron chi connectivity index (χ3n) is 5.37. The summed E-state index contributed by atoms with van der Waals surface area (Å²) >= 11 is 0. The fourth-order valence-corrected chi connectivity index (χ4v) is 3.73. The molecule has 0 aliphatic carbocycles. The average molecular weight is 376 g/mol. The predicted octanol–water partition coefficient (Wildman–Crippen LogP) is 4.16. The molecule has 1 aliphatic rings. The van der Waals surface area contributed by atoms with E-state index in [0.29, 0.717) is 5.56 Å². The van der Waals surface area contributed by atoms with Crippen LogP contribution in [0, 0.1) is 0 Å². The number of carbonyl (C=O) groups excluding carboxylic acids is 1. The minimum absolute atomic E-state index is 0.0646. The molecule has 2 heterocycles. The first-order valence-electron chi connectivity index (χ1n) is 9.56. The number of para-hydroxylation sites is 1. The van der Waals surface area contributed by atoms with Crippen LogP contribution in [0.15, 0.2) is 54.6 Å². The molecule has 1 aromatic heterocycles. The van der Waals surface area contributed by atoms with Gasteiger partial charge in [0.2, 0.25) is 0 Å². The van der Waals surface area contributed by atoms with E-state index in [1.54, 1.807) is 14.2 Å². The number of likely N-dealkylation sites (tertiary alicyclic amines) is 1. The van der Waals surface area contributed by atoms with Crippen LogP contribution in [0.25, 0.3) is 22.2 Å². The fourth-order valence-electron chi connectivity index (χ4n) is 3.73. The third kappa shape index (κ3) is 3.58. The molecule has 5 heteroatoms. The average Bonchev–Trinajstić information content (AvgIpc) is 2.78. The first-order valence-corrected chi connectivity index (χ1v) is 9.56. The van der Waals surface area contributed by atoms with Crippen molar-refractivity contribution in [2.45, 2.75) is 18.9 Å². The number of fused-ring (bicyclic) bond motifs is 1. The predicted molar refractivity (Wildman–Crippen MR) is 110 cm³/mol. The Morgan fingerprint density at radius 3 is 2.57 bits per heavy atom. The molecule has 0 saturated carbocycles. The lowest BCUT2D eigenvalue weighted by molar-refractivity contribution is 0.0351. The highest BCUT2D eigenvalue weighted by Gasteiger charge is 2.23. The largest absolute Gasteiger partial charge is 0.494 e. The van der Waals surface area contributed by atoms with E-state index in [1.165, 1.54) is 0 Å². The zero-order chi connectivity index (χ0) is 19.5. The lowest BCUT2D eigenvalue weighted by Gasteiger charge is -2.31. The fraction of sp³-hybridized carbons (Fsp3) is 0.304. The molecule has 0 bridgehead atoms. The minimum atomic E-state index is 0.0646. The Morgan fingerprint density at radius 1 is 1.04 bits per heavy atom. The number of amides is 1. The molecule has 1 saturated heterocycles. The van der Waals surface area contributed by atoms with Crippen molar-refractivity contribution in [3.8, 4) is 17.0 Å². The van der Waals surface area contributed by atoms with Crippen molar-refractivity contribution in [1.29, 1.82) is 0 Å². The van der Waals surface area contributed by atoms with Crippen molar-refractivity contribution in [3.63, 3.8) is 0 Å². The van der Waals surface area contributed by atoms with Gasteiger partial charge in [-0.2, -0.15) is 0 Å². The number of rotatable bonds is 4. The third-order valence-corrected chi connectivity index (χ3v) is 5.37. The molecular weight excluding hydrogens is 352 g/mol. The van der Waals surface area contributed by atoms with Gasteiger partial charge in [0.05, 0.1) is 18.9 Å². The van der Waals surface area contributed by atoms with Crippen molar-refractivity contribution in [2.75, 3.05) is 27.3 Å². The number of hydrogen-bond acceptors (Lipinski definition) is 4. The van der Waals surface area contributed by atoms with E-state index >= 15 is 0 Å². The zero-order valence-corrected chi connectivity index (χ0v) is 16.2. The van der Waals surface area contributed by atoms with E-state index in [-0.39, 0.29) is 12.0 Å². The van der Waals surface area contributed by atoms with E-state index in [4.69, 9.17) is 14.5 Å². The summed E-state index contributed by atoms with van der Waals surface area (Å²) < 4.78 is 10.8. The van der Waals surface area contributed by atoms with Crippen LogP contribution in [0.1, 0.15) is 23.2 Å². The summed E-state index contributed by atoms with van der Waals surface area (Å²) in [6.45, 7) is 1.46. The van der Waals surface area contributed by atoms with E-state index in [2.05, 4.69) is 0 Å². The quantitative estimate of drug-likeness (QED) is 0.686. The van der Waals surface area contributed by atoms with Crippen LogP contribution in [0.2, 0.25) is 0 Å². The van der Waals surface area contributed by atoms with Gasteiger partial charge < -0.3 is 14.4 Å². The summed E-state index contributed by atoms with van der Waals surface area (Å²) in [4.78, 5) is 19.6. The number of carbonyl (C=O) groups is 1. The van der Waals surface area contributed by atoms with Gasteiger partial charge in [-0.3, -0.25) is 4.79 Å². The molecule has 1 amide bonds. The Balaban J connectivity index is 1.62. The first kappa shape index (κ1) is 18.4. The first-order chi connectivity index (χ1) is 13.7. The molecule has 1 fully saturated rings. The van der Waals surface area contributed by atoms with Crippen LogP contribution in [0.4, 0.5) is 0 Å². The molecule has 2 aromatic carbocycles. The second kappa shape index (κ2) is 7.98. The van der Waals surface area contributed by atoms with Gasteiger partial charge in [0.1, 0.15) is 11.3 Å². The smallest absolute Gasteiger partial charge is 0.253 e. The van der Waals surface area contributed by atoms with Crippen LogP contribution in [0.5, 0.6) is 5.75 Å². The van der Waals surface area contributed by atoms with Crippen LogP contribution < -0.4 is 4.74 Å². The van der Waals surface area contributed by atoms with Gasteiger partial charge in [-0.15, -0.1) is 0 Å². The maximum absolute atomic E-state index is 12.9. The standard InChI is InChI=1S/C23H24N2O3/c1-27-19-11-13-25(14-12-19)23(26)18-7-3-6-17(15-18)20-10-9-16-5-4-8-21(28-2)22(16)24-20/h3-10,15,19H,11-14H2,1-2H3. The molecule has 5 nitrogen and oxygen atoms in total. The molecule has 3 aromatic rings. The Labute approximate surface area is 164 Å². The van der Waals surface area contributed by atoms with E-state index in [9.17, 15) is 4.79 Å². The van der Waals surface area contributed by atoms with Gasteiger partial charge >= 0.3 is 0 Å². The van der Waals surface area contributed by atoms with Gasteiger partial charge in [-0.05, 0) is 37.1 Å². The van der Waals surface area contributed by atoms with Crippen molar-refractivity contribution >= 4 is 16.8 Å². The van der Waals surface area contributed by atoms with Gasteiger partial charge in [0.25, 0.3) is 5.91 Å². The highest BCUT2D eigenvalue weighted by molar-refractivity contribution is 5.95. The van der Waals surface area contributed by atoms with E-state index in [0.717, 1.165) is 53.8 Å². The second-order valence-corrected chi connectivity index (χ2v) is 7.04. The Morgan fingerprint density at radius 2 is 1.82 bits per heavy atom. The molecule has 4 rings (SSSR count). The van der Waals surface area contributed by atoms with E-state index in [1.807, 2.05) is 59.5 Å². The summed E-state index contributed by atoms with van der Waals surface area (Å²) in [5.41, 5.74) is 3.26. The van der Waals surface area contributed by atoms with Crippen LogP contribution in [0.3, 0.4) is 0 Å². The monoisotopic (exact) mass is 376 g/mol. The number of methoxy groups -OCH3 is 2. The van der Waals surface area contributed by atoms with Crippen molar-refractivity contribution in [1.82, 2.24) is 9.88 Å². The number of aromatic nitrogens is 1. The molecule has 28 heavy (non-hydrogen) atoms.